The minimum Gasteiger partial charge on any atom is -0.462 e. The Morgan fingerprint density at radius 3 is 2.39 bits per heavy atom. The fourth-order valence-corrected chi connectivity index (χ4v) is 10.3. The zero-order valence-corrected chi connectivity index (χ0v) is 28.3. The number of carbonyl (C=O) groups excluding carboxylic acids is 1. The maximum Gasteiger partial charge on any atom is 0.308 e. The first-order valence-corrected chi connectivity index (χ1v) is 18.0. The maximum absolute atomic E-state index is 13.0. The summed E-state index contributed by atoms with van der Waals surface area (Å²) in [4.78, 5) is 13.0. The molecule has 236 valence electrons. The molecule has 5 unspecified atom stereocenters. The van der Waals surface area contributed by atoms with Crippen LogP contribution in [0.4, 0.5) is 0 Å². The lowest BCUT2D eigenvalue weighted by Gasteiger charge is -2.55. The summed E-state index contributed by atoms with van der Waals surface area (Å²) >= 11 is 0. The first-order valence-electron chi connectivity index (χ1n) is 18.0. The third-order valence-corrected chi connectivity index (χ3v) is 12.7. The quantitative estimate of drug-likeness (QED) is 0.125. The number of esters is 1. The van der Waals surface area contributed by atoms with Gasteiger partial charge in [0.2, 0.25) is 0 Å². The first-order chi connectivity index (χ1) is 19.5. The topological polar surface area (TPSA) is 35.5 Å². The number of unbranched alkanes of at least 4 members (excludes halogenated alkanes) is 1. The molecule has 41 heavy (non-hydrogen) atoms. The van der Waals surface area contributed by atoms with E-state index in [2.05, 4.69) is 54.5 Å². The molecule has 0 spiro atoms. The van der Waals surface area contributed by atoms with Crippen molar-refractivity contribution in [2.24, 2.45) is 52.3 Å². The van der Waals surface area contributed by atoms with E-state index in [1.165, 1.54) is 64.2 Å². The lowest BCUT2D eigenvalue weighted by Crippen LogP contribution is -2.48. The van der Waals surface area contributed by atoms with Crippen LogP contribution in [0, 0.1) is 52.3 Å². The SMILES string of the molecule is CC(C)CCC[C@@H](C)[C@H]1CCC2C3CCC=C4CC(OC(=O)C(C)CCCCOC(C)C)CC[C@]4(C)C3CC[C@@]21C. The number of rotatable bonds is 13. The van der Waals surface area contributed by atoms with Gasteiger partial charge >= 0.3 is 5.97 Å². The smallest absolute Gasteiger partial charge is 0.308 e. The van der Waals surface area contributed by atoms with Crippen LogP contribution in [0.3, 0.4) is 0 Å². The Morgan fingerprint density at radius 1 is 0.878 bits per heavy atom. The number of ether oxygens (including phenoxy) is 2. The molecule has 0 saturated heterocycles. The standard InChI is InChI=1S/C38H66O3/c1-26(2)13-11-15-28(5)33-18-19-34-32-17-12-16-30-25-31(20-22-37(30,7)35(32)21-23-38(33,34)8)41-36(39)29(6)14-9-10-24-40-27(3)4/h16,26-29,31-35H,9-15,17-25H2,1-8H3/t28-,29?,31?,32?,33-,34?,35?,37+,38-/m1/s1. The van der Waals surface area contributed by atoms with E-state index in [1.807, 2.05) is 6.92 Å². The highest BCUT2D eigenvalue weighted by Crippen LogP contribution is 2.66. The minimum atomic E-state index is -0.0195. The van der Waals surface area contributed by atoms with Crippen molar-refractivity contribution < 1.29 is 14.3 Å². The Morgan fingerprint density at radius 2 is 1.66 bits per heavy atom. The van der Waals surface area contributed by atoms with Gasteiger partial charge in [-0.1, -0.05) is 78.9 Å². The Kier molecular flexibility index (Phi) is 11.5. The van der Waals surface area contributed by atoms with Gasteiger partial charge in [0.1, 0.15) is 6.10 Å². The van der Waals surface area contributed by atoms with Crippen molar-refractivity contribution in [1.29, 1.82) is 0 Å². The number of carbonyl (C=O) groups is 1. The van der Waals surface area contributed by atoms with Crippen LogP contribution in [0.1, 0.15) is 152 Å². The van der Waals surface area contributed by atoms with Gasteiger partial charge in [0.15, 0.2) is 0 Å². The van der Waals surface area contributed by atoms with Crippen molar-refractivity contribution in [3.05, 3.63) is 11.6 Å². The Hall–Kier alpha value is -0.830. The molecule has 0 aromatic carbocycles. The van der Waals surface area contributed by atoms with E-state index in [9.17, 15) is 4.79 Å². The van der Waals surface area contributed by atoms with E-state index >= 15 is 0 Å². The summed E-state index contributed by atoms with van der Waals surface area (Å²) in [6.45, 7) is 19.6. The lowest BCUT2D eigenvalue weighted by atomic mass is 9.49. The average Bonchev–Trinajstić information content (AvgIpc) is 3.19. The number of hydrogen-bond acceptors (Lipinski definition) is 3. The molecule has 4 aliphatic rings. The molecule has 4 aliphatic carbocycles. The van der Waals surface area contributed by atoms with Crippen LogP contribution < -0.4 is 0 Å². The summed E-state index contributed by atoms with van der Waals surface area (Å²) < 4.78 is 11.8. The molecule has 3 saturated carbocycles. The number of allylic oxidation sites excluding steroid dienone is 1. The first kappa shape index (κ1) is 33.1. The van der Waals surface area contributed by atoms with Gasteiger partial charge in [-0.15, -0.1) is 0 Å². The second-order valence-electron chi connectivity index (χ2n) is 16.2. The second kappa shape index (κ2) is 14.3. The summed E-state index contributed by atoms with van der Waals surface area (Å²) in [7, 11) is 0. The zero-order valence-electron chi connectivity index (χ0n) is 28.3. The highest BCUT2D eigenvalue weighted by Gasteiger charge is 2.58. The molecular weight excluding hydrogens is 504 g/mol. The predicted molar refractivity (Wildman–Crippen MR) is 172 cm³/mol. The predicted octanol–water partition coefficient (Wildman–Crippen LogP) is 10.6. The van der Waals surface area contributed by atoms with E-state index in [0.29, 0.717) is 10.8 Å². The van der Waals surface area contributed by atoms with E-state index in [0.717, 1.165) is 74.2 Å². The van der Waals surface area contributed by atoms with Gasteiger partial charge in [-0.25, -0.2) is 0 Å². The molecule has 0 aromatic rings. The molecule has 3 nitrogen and oxygen atoms in total. The third kappa shape index (κ3) is 7.64. The van der Waals surface area contributed by atoms with Crippen molar-refractivity contribution in [1.82, 2.24) is 0 Å². The fraction of sp³-hybridized carbons (Fsp3) is 0.921. The molecule has 3 heteroatoms. The van der Waals surface area contributed by atoms with Crippen molar-refractivity contribution >= 4 is 5.97 Å². The largest absolute Gasteiger partial charge is 0.462 e. The summed E-state index contributed by atoms with van der Waals surface area (Å²) in [5, 5.41) is 0. The van der Waals surface area contributed by atoms with Crippen LogP contribution in [-0.2, 0) is 14.3 Å². The summed E-state index contributed by atoms with van der Waals surface area (Å²) in [6, 6.07) is 0. The second-order valence-corrected chi connectivity index (χ2v) is 16.2. The molecule has 0 radical (unpaired) electrons. The van der Waals surface area contributed by atoms with Gasteiger partial charge in [-0.2, -0.15) is 0 Å². The Balaban J connectivity index is 1.32. The van der Waals surface area contributed by atoms with Crippen LogP contribution in [0.2, 0.25) is 0 Å². The van der Waals surface area contributed by atoms with E-state index in [4.69, 9.17) is 9.47 Å². The molecule has 0 aromatic heterocycles. The fourth-order valence-electron chi connectivity index (χ4n) is 10.3. The van der Waals surface area contributed by atoms with E-state index < -0.39 is 0 Å². The third-order valence-electron chi connectivity index (χ3n) is 12.7. The highest BCUT2D eigenvalue weighted by molar-refractivity contribution is 5.72. The molecule has 0 bridgehead atoms. The normalized spacial score (nSPS) is 36.6. The Bertz CT molecular complexity index is 875. The molecule has 4 rings (SSSR count). The van der Waals surface area contributed by atoms with E-state index in [1.54, 1.807) is 5.57 Å². The molecule has 0 aliphatic heterocycles. The van der Waals surface area contributed by atoms with Crippen LogP contribution in [0.15, 0.2) is 11.6 Å². The van der Waals surface area contributed by atoms with Crippen molar-refractivity contribution in [2.45, 2.75) is 164 Å². The van der Waals surface area contributed by atoms with Gasteiger partial charge in [-0.05, 0) is 124 Å². The minimum absolute atomic E-state index is 0.0171. The van der Waals surface area contributed by atoms with Crippen molar-refractivity contribution in [3.63, 3.8) is 0 Å². The van der Waals surface area contributed by atoms with E-state index in [-0.39, 0.29) is 24.1 Å². The van der Waals surface area contributed by atoms with Gasteiger partial charge < -0.3 is 9.47 Å². The highest BCUT2D eigenvalue weighted by atomic mass is 16.5. The molecule has 3 fully saturated rings. The average molecular weight is 571 g/mol. The van der Waals surface area contributed by atoms with Gasteiger partial charge in [0.25, 0.3) is 0 Å². The van der Waals surface area contributed by atoms with Gasteiger partial charge in [-0.3, -0.25) is 4.79 Å². The van der Waals surface area contributed by atoms with Crippen molar-refractivity contribution in [2.75, 3.05) is 6.61 Å². The monoisotopic (exact) mass is 571 g/mol. The summed E-state index contributed by atoms with van der Waals surface area (Å²) in [5.41, 5.74) is 2.48. The Labute approximate surface area is 254 Å². The summed E-state index contributed by atoms with van der Waals surface area (Å²) in [6.07, 6.45) is 21.7. The molecule has 0 N–H and O–H groups in total. The number of hydrogen-bond donors (Lipinski definition) is 0. The van der Waals surface area contributed by atoms with Crippen LogP contribution in [0.5, 0.6) is 0 Å². The lowest BCUT2D eigenvalue weighted by molar-refractivity contribution is -0.156. The molecular formula is C38H66O3. The maximum atomic E-state index is 13.0. The summed E-state index contributed by atoms with van der Waals surface area (Å²) in [5.74, 6) is 5.22. The van der Waals surface area contributed by atoms with Crippen molar-refractivity contribution in [3.8, 4) is 0 Å². The molecule has 0 heterocycles. The van der Waals surface area contributed by atoms with Crippen LogP contribution >= 0.6 is 0 Å². The van der Waals surface area contributed by atoms with Gasteiger partial charge in [0.05, 0.1) is 12.0 Å². The molecule has 0 amide bonds. The van der Waals surface area contributed by atoms with Crippen LogP contribution in [0.25, 0.3) is 0 Å². The molecule has 9 atom stereocenters. The zero-order chi connectivity index (χ0) is 29.8. The van der Waals surface area contributed by atoms with Gasteiger partial charge in [0, 0.05) is 13.0 Å². The number of fused-ring (bicyclic) bond motifs is 5. The van der Waals surface area contributed by atoms with Crippen LogP contribution in [-0.4, -0.2) is 24.8 Å².